The van der Waals surface area contributed by atoms with Crippen molar-refractivity contribution in [1.29, 1.82) is 0 Å². The lowest BCUT2D eigenvalue weighted by atomic mass is 9.87. The Hall–Kier alpha value is -1.06. The van der Waals surface area contributed by atoms with Crippen LogP contribution in [0, 0.1) is 11.8 Å². The third-order valence-corrected chi connectivity index (χ3v) is 5.08. The molecule has 21 heavy (non-hydrogen) atoms. The number of hydrogen-bond acceptors (Lipinski definition) is 2. The van der Waals surface area contributed by atoms with E-state index in [1.54, 1.807) is 0 Å². The van der Waals surface area contributed by atoms with E-state index < -0.39 is 0 Å². The average molecular weight is 307 g/mol. The number of halogens is 1. The van der Waals surface area contributed by atoms with Crippen molar-refractivity contribution in [2.45, 2.75) is 51.2 Å². The minimum atomic E-state index is 0.0499. The van der Waals surface area contributed by atoms with Gasteiger partial charge >= 0.3 is 0 Å². The first-order chi connectivity index (χ1) is 10.0. The summed E-state index contributed by atoms with van der Waals surface area (Å²) >= 11 is 5.95. The molecule has 0 saturated carbocycles. The Morgan fingerprint density at radius 3 is 2.52 bits per heavy atom. The van der Waals surface area contributed by atoms with Gasteiger partial charge in [-0.2, -0.15) is 0 Å². The molecule has 3 rings (SSSR count). The molecule has 2 aliphatic heterocycles. The summed E-state index contributed by atoms with van der Waals surface area (Å²) in [7, 11) is 0. The first kappa shape index (κ1) is 14.9. The van der Waals surface area contributed by atoms with Crippen LogP contribution in [-0.4, -0.2) is 18.0 Å². The fourth-order valence-electron chi connectivity index (χ4n) is 3.68. The number of amides is 1. The third kappa shape index (κ3) is 3.09. The predicted octanol–water partition coefficient (Wildman–Crippen LogP) is 3.29. The van der Waals surface area contributed by atoms with Crippen LogP contribution in [0.3, 0.4) is 0 Å². The average Bonchev–Trinajstić information content (AvgIpc) is 3.08. The highest BCUT2D eigenvalue weighted by Crippen LogP contribution is 2.34. The van der Waals surface area contributed by atoms with Crippen LogP contribution < -0.4 is 10.6 Å². The summed E-state index contributed by atoms with van der Waals surface area (Å²) in [6.07, 6.45) is 3.34. The van der Waals surface area contributed by atoms with Crippen molar-refractivity contribution in [3.8, 4) is 0 Å². The molecule has 1 amide bonds. The SMILES string of the molecule is CC(C)C(NC(=O)C1CC2CCC1N2)c1ccc(Cl)cc1. The van der Waals surface area contributed by atoms with Gasteiger partial charge in [-0.15, -0.1) is 0 Å². The first-order valence-corrected chi connectivity index (χ1v) is 8.24. The molecule has 2 N–H and O–H groups in total. The molecule has 0 spiro atoms. The Labute approximate surface area is 131 Å². The van der Waals surface area contributed by atoms with Gasteiger partial charge < -0.3 is 10.6 Å². The Balaban J connectivity index is 1.70. The zero-order chi connectivity index (χ0) is 15.0. The van der Waals surface area contributed by atoms with Gasteiger partial charge in [-0.1, -0.05) is 37.6 Å². The lowest BCUT2D eigenvalue weighted by molar-refractivity contribution is -0.126. The Bertz CT molecular complexity index is 514. The zero-order valence-corrected chi connectivity index (χ0v) is 13.4. The van der Waals surface area contributed by atoms with Crippen LogP contribution in [0.4, 0.5) is 0 Å². The minimum absolute atomic E-state index is 0.0499. The van der Waals surface area contributed by atoms with E-state index in [1.807, 2.05) is 24.3 Å². The molecule has 2 fully saturated rings. The van der Waals surface area contributed by atoms with Crippen molar-refractivity contribution >= 4 is 17.5 Å². The highest BCUT2D eigenvalue weighted by molar-refractivity contribution is 6.30. The second kappa shape index (κ2) is 5.98. The fourth-order valence-corrected chi connectivity index (χ4v) is 3.81. The van der Waals surface area contributed by atoms with Crippen molar-refractivity contribution in [2.24, 2.45) is 11.8 Å². The molecular formula is C17H23ClN2O. The molecule has 4 heteroatoms. The molecule has 3 nitrogen and oxygen atoms in total. The van der Waals surface area contributed by atoms with Gasteiger partial charge in [-0.05, 0) is 42.9 Å². The van der Waals surface area contributed by atoms with Crippen LogP contribution in [0.15, 0.2) is 24.3 Å². The molecule has 0 radical (unpaired) electrons. The molecule has 2 aliphatic rings. The number of rotatable bonds is 4. The third-order valence-electron chi connectivity index (χ3n) is 4.83. The lowest BCUT2D eigenvalue weighted by Crippen LogP contribution is -2.40. The van der Waals surface area contributed by atoms with Crippen molar-refractivity contribution in [1.82, 2.24) is 10.6 Å². The predicted molar refractivity (Wildman–Crippen MR) is 85.2 cm³/mol. The van der Waals surface area contributed by atoms with Crippen LogP contribution in [0.1, 0.15) is 44.7 Å². The van der Waals surface area contributed by atoms with E-state index in [0.29, 0.717) is 18.0 Å². The van der Waals surface area contributed by atoms with Crippen LogP contribution >= 0.6 is 11.6 Å². The largest absolute Gasteiger partial charge is 0.349 e. The van der Waals surface area contributed by atoms with Crippen LogP contribution in [0.25, 0.3) is 0 Å². The molecule has 2 bridgehead atoms. The van der Waals surface area contributed by atoms with Crippen LogP contribution in [0.2, 0.25) is 5.02 Å². The van der Waals surface area contributed by atoms with Gasteiger partial charge in [0, 0.05) is 17.1 Å². The highest BCUT2D eigenvalue weighted by atomic mass is 35.5. The van der Waals surface area contributed by atoms with Crippen molar-refractivity contribution in [2.75, 3.05) is 0 Å². The van der Waals surface area contributed by atoms with Gasteiger partial charge in [-0.3, -0.25) is 4.79 Å². The number of carbonyl (C=O) groups excluding carboxylic acids is 1. The summed E-state index contributed by atoms with van der Waals surface area (Å²) in [6.45, 7) is 4.28. The fraction of sp³-hybridized carbons (Fsp3) is 0.588. The summed E-state index contributed by atoms with van der Waals surface area (Å²) in [4.78, 5) is 12.6. The van der Waals surface area contributed by atoms with Gasteiger partial charge in [0.1, 0.15) is 0 Å². The standard InChI is InChI=1S/C17H23ClN2O/c1-10(2)16(11-3-5-12(18)6-4-11)20-17(21)14-9-13-7-8-15(14)19-13/h3-6,10,13-16,19H,7-9H2,1-2H3,(H,20,21). The molecule has 1 aromatic rings. The van der Waals surface area contributed by atoms with Crippen molar-refractivity contribution < 1.29 is 4.79 Å². The van der Waals surface area contributed by atoms with Gasteiger partial charge in [0.25, 0.3) is 0 Å². The maximum absolute atomic E-state index is 12.6. The molecule has 0 aromatic heterocycles. The summed E-state index contributed by atoms with van der Waals surface area (Å²) < 4.78 is 0. The summed E-state index contributed by atoms with van der Waals surface area (Å²) in [5.74, 6) is 0.683. The first-order valence-electron chi connectivity index (χ1n) is 7.86. The highest BCUT2D eigenvalue weighted by Gasteiger charge is 2.43. The lowest BCUT2D eigenvalue weighted by Gasteiger charge is -2.27. The summed E-state index contributed by atoms with van der Waals surface area (Å²) in [5, 5.41) is 7.51. The Morgan fingerprint density at radius 1 is 1.29 bits per heavy atom. The number of fused-ring (bicyclic) bond motifs is 2. The molecule has 4 atom stereocenters. The molecule has 114 valence electrons. The summed E-state index contributed by atoms with van der Waals surface area (Å²) in [5.41, 5.74) is 1.12. The van der Waals surface area contributed by atoms with Gasteiger partial charge in [-0.25, -0.2) is 0 Å². The van der Waals surface area contributed by atoms with Crippen molar-refractivity contribution in [3.05, 3.63) is 34.9 Å². The van der Waals surface area contributed by atoms with E-state index in [-0.39, 0.29) is 17.9 Å². The van der Waals surface area contributed by atoms with E-state index in [2.05, 4.69) is 24.5 Å². The Morgan fingerprint density at radius 2 is 2.00 bits per heavy atom. The maximum Gasteiger partial charge on any atom is 0.225 e. The van der Waals surface area contributed by atoms with E-state index in [0.717, 1.165) is 23.4 Å². The minimum Gasteiger partial charge on any atom is -0.349 e. The quantitative estimate of drug-likeness (QED) is 0.896. The molecule has 2 heterocycles. The smallest absolute Gasteiger partial charge is 0.225 e. The van der Waals surface area contributed by atoms with Crippen LogP contribution in [-0.2, 0) is 4.79 Å². The molecular weight excluding hydrogens is 284 g/mol. The van der Waals surface area contributed by atoms with E-state index >= 15 is 0 Å². The van der Waals surface area contributed by atoms with Crippen LogP contribution in [0.5, 0.6) is 0 Å². The molecule has 4 unspecified atom stereocenters. The van der Waals surface area contributed by atoms with Gasteiger partial charge in [0.2, 0.25) is 5.91 Å². The molecule has 0 aliphatic carbocycles. The monoisotopic (exact) mass is 306 g/mol. The normalized spacial score (nSPS) is 28.9. The molecule has 2 saturated heterocycles. The van der Waals surface area contributed by atoms with Crippen molar-refractivity contribution in [3.63, 3.8) is 0 Å². The zero-order valence-electron chi connectivity index (χ0n) is 12.6. The molecule has 1 aromatic carbocycles. The maximum atomic E-state index is 12.6. The number of carbonyl (C=O) groups is 1. The second-order valence-corrected chi connectivity index (χ2v) is 7.11. The number of nitrogens with one attached hydrogen (secondary N) is 2. The van der Waals surface area contributed by atoms with E-state index in [9.17, 15) is 4.79 Å². The number of benzene rings is 1. The van der Waals surface area contributed by atoms with E-state index in [4.69, 9.17) is 11.6 Å². The Kier molecular flexibility index (Phi) is 4.23. The van der Waals surface area contributed by atoms with Gasteiger partial charge in [0.05, 0.1) is 12.0 Å². The van der Waals surface area contributed by atoms with Gasteiger partial charge in [0.15, 0.2) is 0 Å². The summed E-state index contributed by atoms with van der Waals surface area (Å²) in [6, 6.07) is 8.77. The second-order valence-electron chi connectivity index (χ2n) is 6.67. The van der Waals surface area contributed by atoms with E-state index in [1.165, 1.54) is 6.42 Å². The number of hydrogen-bond donors (Lipinski definition) is 2. The topological polar surface area (TPSA) is 41.1 Å².